The molecular weight excluding hydrogens is 224 g/mol. The zero-order chi connectivity index (χ0) is 12.4. The number of hydrogen-bond donors (Lipinski definition) is 0. The number of rotatable bonds is 4. The van der Waals surface area contributed by atoms with Gasteiger partial charge in [-0.25, -0.2) is 0 Å². The van der Waals surface area contributed by atoms with Crippen molar-refractivity contribution < 1.29 is 0 Å². The lowest BCUT2D eigenvalue weighted by molar-refractivity contribution is 1.14. The topological polar surface area (TPSA) is 0 Å². The van der Waals surface area contributed by atoms with Crippen molar-refractivity contribution in [3.05, 3.63) is 29.8 Å². The quantitative estimate of drug-likeness (QED) is 0.708. The van der Waals surface area contributed by atoms with Crippen molar-refractivity contribution in [1.29, 1.82) is 0 Å². The number of benzene rings is 1. The van der Waals surface area contributed by atoms with Gasteiger partial charge in [0.25, 0.3) is 0 Å². The first-order valence-corrected chi connectivity index (χ1v) is 13.3. The average Bonchev–Trinajstić information content (AvgIpc) is 2.14. The summed E-state index contributed by atoms with van der Waals surface area (Å²) in [7, 11) is -2.12. The first-order valence-electron chi connectivity index (χ1n) is 6.34. The highest BCUT2D eigenvalue weighted by molar-refractivity contribution is 7.01. The Morgan fingerprint density at radius 2 is 1.38 bits per heavy atom. The Balaban J connectivity index is 2.89. The molecule has 0 saturated heterocycles. The maximum Gasteiger partial charge on any atom is 0.0780 e. The highest BCUT2D eigenvalue weighted by atomic mass is 28.4. The van der Waals surface area contributed by atoms with Crippen LogP contribution in [-0.4, -0.2) is 16.1 Å². The summed E-state index contributed by atoms with van der Waals surface area (Å²) in [5.74, 6) is 0. The SMILES string of the molecule is CCc1ccc([Si](C)(C)C[Si](C)(C)C)cc1. The van der Waals surface area contributed by atoms with Crippen LogP contribution in [0.15, 0.2) is 24.3 Å². The largest absolute Gasteiger partial charge is 0.0780 e. The summed E-state index contributed by atoms with van der Waals surface area (Å²) in [4.78, 5) is 0. The lowest BCUT2D eigenvalue weighted by Gasteiger charge is -2.30. The van der Waals surface area contributed by atoms with Gasteiger partial charge in [0.15, 0.2) is 0 Å². The molecule has 0 N–H and O–H groups in total. The molecule has 16 heavy (non-hydrogen) atoms. The minimum Gasteiger partial charge on any atom is -0.0697 e. The van der Waals surface area contributed by atoms with E-state index in [1.807, 2.05) is 0 Å². The lowest BCUT2D eigenvalue weighted by atomic mass is 10.2. The number of aryl methyl sites for hydroxylation is 1. The van der Waals surface area contributed by atoms with Crippen LogP contribution in [-0.2, 0) is 6.42 Å². The molecule has 0 amide bonds. The van der Waals surface area contributed by atoms with E-state index in [4.69, 9.17) is 0 Å². The van der Waals surface area contributed by atoms with Gasteiger partial charge in [0, 0.05) is 8.07 Å². The molecule has 0 spiro atoms. The zero-order valence-electron chi connectivity index (χ0n) is 11.7. The van der Waals surface area contributed by atoms with Crippen LogP contribution in [0.4, 0.5) is 0 Å². The second-order valence-electron chi connectivity index (χ2n) is 6.67. The van der Waals surface area contributed by atoms with Crippen molar-refractivity contribution in [3.63, 3.8) is 0 Å². The molecule has 0 bridgehead atoms. The first kappa shape index (κ1) is 13.7. The molecule has 0 aliphatic heterocycles. The third-order valence-electron chi connectivity index (χ3n) is 3.12. The van der Waals surface area contributed by atoms with Crippen molar-refractivity contribution >= 4 is 21.3 Å². The molecule has 0 aliphatic rings. The van der Waals surface area contributed by atoms with Crippen molar-refractivity contribution in [2.45, 2.75) is 51.7 Å². The Morgan fingerprint density at radius 3 is 1.75 bits per heavy atom. The summed E-state index contributed by atoms with van der Waals surface area (Å²) in [6.07, 6.45) is 1.15. The Morgan fingerprint density at radius 1 is 0.875 bits per heavy atom. The predicted octanol–water partition coefficient (Wildman–Crippen LogP) is 4.04. The summed E-state index contributed by atoms with van der Waals surface area (Å²) >= 11 is 0. The fraction of sp³-hybridized carbons (Fsp3) is 0.571. The minimum absolute atomic E-state index is 0.936. The van der Waals surface area contributed by atoms with E-state index in [9.17, 15) is 0 Å². The van der Waals surface area contributed by atoms with Crippen LogP contribution >= 0.6 is 0 Å². The van der Waals surface area contributed by atoms with Gasteiger partial charge in [0.2, 0.25) is 0 Å². The van der Waals surface area contributed by atoms with Crippen LogP contribution in [0.5, 0.6) is 0 Å². The van der Waals surface area contributed by atoms with Crippen LogP contribution in [0.25, 0.3) is 0 Å². The molecule has 0 heterocycles. The second-order valence-corrected chi connectivity index (χ2v) is 17.6. The molecule has 0 aliphatic carbocycles. The molecular formula is C14H26Si2. The van der Waals surface area contributed by atoms with E-state index in [0.29, 0.717) is 0 Å². The highest BCUT2D eigenvalue weighted by Gasteiger charge is 2.30. The Bertz CT molecular complexity index is 331. The Kier molecular flexibility index (Phi) is 4.19. The molecule has 0 atom stereocenters. The fourth-order valence-corrected chi connectivity index (χ4v) is 15.1. The molecule has 1 rings (SSSR count). The minimum atomic E-state index is -1.19. The molecule has 1 aromatic rings. The molecule has 0 unspecified atom stereocenters. The molecule has 0 fully saturated rings. The van der Waals surface area contributed by atoms with Crippen LogP contribution in [0.3, 0.4) is 0 Å². The standard InChI is InChI=1S/C14H26Si2/c1-7-13-8-10-14(11-9-13)16(5,6)12-15(2,3)4/h8-11H,7,12H2,1-6H3. The van der Waals surface area contributed by atoms with Crippen LogP contribution < -0.4 is 5.19 Å². The molecule has 0 saturated carbocycles. The Hall–Kier alpha value is -0.346. The van der Waals surface area contributed by atoms with Crippen molar-refractivity contribution in [2.75, 3.05) is 0 Å². The van der Waals surface area contributed by atoms with Crippen LogP contribution in [0.2, 0.25) is 38.4 Å². The molecule has 2 heteroatoms. The van der Waals surface area contributed by atoms with E-state index < -0.39 is 16.1 Å². The van der Waals surface area contributed by atoms with Crippen LogP contribution in [0, 0.1) is 0 Å². The fourth-order valence-electron chi connectivity index (χ4n) is 2.62. The van der Waals surface area contributed by atoms with E-state index >= 15 is 0 Å². The summed E-state index contributed by atoms with van der Waals surface area (Å²) in [6, 6.07) is 9.39. The Labute approximate surface area is 103 Å². The summed E-state index contributed by atoms with van der Waals surface area (Å²) in [5, 5.41) is 1.63. The van der Waals surface area contributed by atoms with Gasteiger partial charge in [-0.15, -0.1) is 0 Å². The maximum absolute atomic E-state index is 2.52. The van der Waals surface area contributed by atoms with Gasteiger partial charge in [-0.1, -0.05) is 74.8 Å². The molecule has 0 aromatic heterocycles. The van der Waals surface area contributed by atoms with Gasteiger partial charge in [-0.3, -0.25) is 0 Å². The van der Waals surface area contributed by atoms with E-state index in [1.54, 1.807) is 5.19 Å². The van der Waals surface area contributed by atoms with E-state index in [1.165, 1.54) is 11.2 Å². The number of hydrogen-bond acceptors (Lipinski definition) is 0. The second kappa shape index (κ2) is 4.88. The maximum atomic E-state index is 2.52. The third-order valence-corrected chi connectivity index (χ3v) is 12.8. The van der Waals surface area contributed by atoms with Gasteiger partial charge in [-0.2, -0.15) is 0 Å². The van der Waals surface area contributed by atoms with E-state index in [2.05, 4.69) is 63.9 Å². The van der Waals surface area contributed by atoms with Crippen LogP contribution in [0.1, 0.15) is 12.5 Å². The first-order chi connectivity index (χ1) is 7.24. The average molecular weight is 251 g/mol. The van der Waals surface area contributed by atoms with Crippen molar-refractivity contribution in [2.24, 2.45) is 0 Å². The monoisotopic (exact) mass is 250 g/mol. The lowest BCUT2D eigenvalue weighted by Crippen LogP contribution is -2.47. The van der Waals surface area contributed by atoms with Gasteiger partial charge in [-0.05, 0) is 12.0 Å². The van der Waals surface area contributed by atoms with Gasteiger partial charge in [0.05, 0.1) is 8.07 Å². The molecule has 0 nitrogen and oxygen atoms in total. The van der Waals surface area contributed by atoms with Gasteiger partial charge in [0.1, 0.15) is 0 Å². The van der Waals surface area contributed by atoms with Gasteiger partial charge >= 0.3 is 0 Å². The molecule has 90 valence electrons. The smallest absolute Gasteiger partial charge is 0.0697 e. The molecule has 1 aromatic carbocycles. The normalized spacial score (nSPS) is 12.9. The predicted molar refractivity (Wildman–Crippen MR) is 81.1 cm³/mol. The van der Waals surface area contributed by atoms with E-state index in [0.717, 1.165) is 6.42 Å². The summed E-state index contributed by atoms with van der Waals surface area (Å²) in [5.41, 5.74) is 2.95. The summed E-state index contributed by atoms with van der Waals surface area (Å²) < 4.78 is 0. The van der Waals surface area contributed by atoms with Crippen molar-refractivity contribution in [1.82, 2.24) is 0 Å². The highest BCUT2D eigenvalue weighted by Crippen LogP contribution is 2.19. The van der Waals surface area contributed by atoms with Crippen molar-refractivity contribution in [3.8, 4) is 0 Å². The molecule has 0 radical (unpaired) electrons. The van der Waals surface area contributed by atoms with Gasteiger partial charge < -0.3 is 0 Å². The summed E-state index contributed by atoms with van der Waals surface area (Å²) in [6.45, 7) is 14.7. The zero-order valence-corrected chi connectivity index (χ0v) is 13.7. The van der Waals surface area contributed by atoms with E-state index in [-0.39, 0.29) is 0 Å². The third kappa shape index (κ3) is 3.91.